The van der Waals surface area contributed by atoms with Crippen LogP contribution in [0.3, 0.4) is 0 Å². The van der Waals surface area contributed by atoms with Gasteiger partial charge in [0.1, 0.15) is 0 Å². The van der Waals surface area contributed by atoms with E-state index in [0.717, 1.165) is 19.3 Å². The van der Waals surface area contributed by atoms with Crippen LogP contribution < -0.4 is 0 Å². The molecule has 0 aromatic carbocycles. The maximum atomic E-state index is 11.5. The topological polar surface area (TPSA) is 26.3 Å². The Morgan fingerprint density at radius 3 is 2.15 bits per heavy atom. The van der Waals surface area contributed by atoms with Crippen molar-refractivity contribution in [2.24, 2.45) is 5.41 Å². The van der Waals surface area contributed by atoms with E-state index in [9.17, 15) is 5.21 Å². The minimum Gasteiger partial charge on any atom is -0.785 e. The van der Waals surface area contributed by atoms with Crippen molar-refractivity contribution >= 4 is 0 Å². The molecule has 0 spiro atoms. The van der Waals surface area contributed by atoms with Gasteiger partial charge >= 0.3 is 0 Å². The standard InChI is InChI=1S/C11H24NO/c1-6-9-11(5,7-2)10(4)12(13)8-3/h10H,6-9H2,1-5H3/q-1/t10-,11?/m0/s1. The summed E-state index contributed by atoms with van der Waals surface area (Å²) in [5, 5.41) is 12.7. The summed E-state index contributed by atoms with van der Waals surface area (Å²) in [6.45, 7) is 11.2. The van der Waals surface area contributed by atoms with Gasteiger partial charge in [-0.15, -0.1) is 0 Å². The van der Waals surface area contributed by atoms with Crippen molar-refractivity contribution < 1.29 is 0 Å². The van der Waals surface area contributed by atoms with E-state index >= 15 is 0 Å². The van der Waals surface area contributed by atoms with Gasteiger partial charge in [0.05, 0.1) is 0 Å². The summed E-state index contributed by atoms with van der Waals surface area (Å²) < 4.78 is 0. The molecule has 0 rings (SSSR count). The molecule has 1 unspecified atom stereocenters. The van der Waals surface area contributed by atoms with Crippen molar-refractivity contribution in [3.63, 3.8) is 0 Å². The maximum absolute atomic E-state index is 11.5. The number of hydroxylamine groups is 2. The molecule has 0 amide bonds. The highest BCUT2D eigenvalue weighted by Crippen LogP contribution is 2.33. The van der Waals surface area contributed by atoms with Gasteiger partial charge in [0, 0.05) is 0 Å². The molecule has 0 bridgehead atoms. The second-order valence-electron chi connectivity index (χ2n) is 4.17. The van der Waals surface area contributed by atoms with Crippen molar-refractivity contribution in [2.45, 2.75) is 59.9 Å². The van der Waals surface area contributed by atoms with E-state index in [1.807, 2.05) is 6.92 Å². The Labute approximate surface area is 82.9 Å². The van der Waals surface area contributed by atoms with Gasteiger partial charge in [0.15, 0.2) is 0 Å². The molecule has 0 saturated carbocycles. The third-order valence-corrected chi connectivity index (χ3v) is 3.38. The smallest absolute Gasteiger partial charge is 0.0000365 e. The van der Waals surface area contributed by atoms with Crippen LogP contribution in [-0.4, -0.2) is 17.6 Å². The third kappa shape index (κ3) is 3.28. The van der Waals surface area contributed by atoms with Crippen LogP contribution in [0.15, 0.2) is 0 Å². The lowest BCUT2D eigenvalue weighted by atomic mass is 9.76. The van der Waals surface area contributed by atoms with E-state index in [1.54, 1.807) is 0 Å². The highest BCUT2D eigenvalue weighted by Gasteiger charge is 2.28. The largest absolute Gasteiger partial charge is 0.785 e. The number of nitrogens with zero attached hydrogens (tertiary/aromatic N) is 1. The van der Waals surface area contributed by atoms with Crippen molar-refractivity contribution in [2.75, 3.05) is 6.54 Å². The fraction of sp³-hybridized carbons (Fsp3) is 1.00. The van der Waals surface area contributed by atoms with Crippen LogP contribution in [-0.2, 0) is 0 Å². The zero-order valence-electron chi connectivity index (χ0n) is 9.76. The fourth-order valence-corrected chi connectivity index (χ4v) is 1.87. The summed E-state index contributed by atoms with van der Waals surface area (Å²) >= 11 is 0. The Kier molecular flexibility index (Phi) is 5.57. The van der Waals surface area contributed by atoms with Crippen LogP contribution in [0, 0.1) is 10.6 Å². The maximum Gasteiger partial charge on any atom is -0.0000365 e. The van der Waals surface area contributed by atoms with Gasteiger partial charge in [-0.3, -0.25) is 0 Å². The Morgan fingerprint density at radius 1 is 1.31 bits per heavy atom. The molecule has 13 heavy (non-hydrogen) atoms. The molecule has 0 saturated heterocycles. The lowest BCUT2D eigenvalue weighted by Crippen LogP contribution is -2.41. The van der Waals surface area contributed by atoms with E-state index in [1.165, 1.54) is 5.06 Å². The SMILES string of the molecule is CCCC(C)(CC)[C@H](C)N([O-])CC. The van der Waals surface area contributed by atoms with E-state index in [0.29, 0.717) is 6.54 Å². The zero-order valence-corrected chi connectivity index (χ0v) is 9.76. The first-order chi connectivity index (χ1) is 6.01. The predicted octanol–water partition coefficient (Wildman–Crippen LogP) is 3.41. The van der Waals surface area contributed by atoms with Crippen LogP contribution in [0.4, 0.5) is 0 Å². The highest BCUT2D eigenvalue weighted by molar-refractivity contribution is 4.85. The first-order valence-corrected chi connectivity index (χ1v) is 5.45. The molecule has 0 radical (unpaired) electrons. The molecule has 0 fully saturated rings. The van der Waals surface area contributed by atoms with Crippen molar-refractivity contribution in [3.05, 3.63) is 5.21 Å². The quantitative estimate of drug-likeness (QED) is 0.594. The van der Waals surface area contributed by atoms with Crippen LogP contribution in [0.5, 0.6) is 0 Å². The van der Waals surface area contributed by atoms with Crippen LogP contribution in [0.1, 0.15) is 53.9 Å². The average Bonchev–Trinajstić information content (AvgIpc) is 2.15. The number of hydrogen-bond acceptors (Lipinski definition) is 2. The Hall–Kier alpha value is -0.0800. The molecule has 0 heterocycles. The molecule has 2 atom stereocenters. The molecule has 0 aliphatic rings. The molecule has 80 valence electrons. The van der Waals surface area contributed by atoms with Gasteiger partial charge in [-0.25, -0.2) is 0 Å². The first kappa shape index (κ1) is 12.9. The zero-order chi connectivity index (χ0) is 10.5. The van der Waals surface area contributed by atoms with Gasteiger partial charge in [-0.05, 0) is 37.8 Å². The lowest BCUT2D eigenvalue weighted by Gasteiger charge is -2.45. The molecule has 2 heteroatoms. The van der Waals surface area contributed by atoms with E-state index in [2.05, 4.69) is 27.7 Å². The molecule has 2 nitrogen and oxygen atoms in total. The summed E-state index contributed by atoms with van der Waals surface area (Å²) in [4.78, 5) is 0. The van der Waals surface area contributed by atoms with Gasteiger partial charge in [0.2, 0.25) is 0 Å². The molecule has 0 aromatic heterocycles. The second kappa shape index (κ2) is 5.61. The summed E-state index contributed by atoms with van der Waals surface area (Å²) in [7, 11) is 0. The molecule has 0 N–H and O–H groups in total. The van der Waals surface area contributed by atoms with Crippen molar-refractivity contribution in [1.29, 1.82) is 0 Å². The van der Waals surface area contributed by atoms with E-state index in [4.69, 9.17) is 0 Å². The summed E-state index contributed by atoms with van der Waals surface area (Å²) in [5.74, 6) is 0. The number of rotatable bonds is 6. The molecular formula is C11H24NO-. The monoisotopic (exact) mass is 186 g/mol. The van der Waals surface area contributed by atoms with Gasteiger partial charge in [0.25, 0.3) is 0 Å². The van der Waals surface area contributed by atoms with Gasteiger partial charge < -0.3 is 10.3 Å². The summed E-state index contributed by atoms with van der Waals surface area (Å²) in [6, 6.07) is 0.141. The van der Waals surface area contributed by atoms with E-state index < -0.39 is 0 Å². The normalized spacial score (nSPS) is 18.7. The third-order valence-electron chi connectivity index (χ3n) is 3.38. The van der Waals surface area contributed by atoms with Crippen molar-refractivity contribution in [1.82, 2.24) is 5.06 Å². The van der Waals surface area contributed by atoms with Crippen LogP contribution in [0.25, 0.3) is 0 Å². The molecular weight excluding hydrogens is 162 g/mol. The van der Waals surface area contributed by atoms with Crippen LogP contribution >= 0.6 is 0 Å². The summed E-state index contributed by atoms with van der Waals surface area (Å²) in [6.07, 6.45) is 3.39. The van der Waals surface area contributed by atoms with Gasteiger partial charge in [-0.2, -0.15) is 0 Å². The Bertz CT molecular complexity index is 138. The van der Waals surface area contributed by atoms with Crippen LogP contribution in [0.2, 0.25) is 0 Å². The summed E-state index contributed by atoms with van der Waals surface area (Å²) in [5.41, 5.74) is 0.187. The number of hydrogen-bond donors (Lipinski definition) is 0. The van der Waals surface area contributed by atoms with Crippen molar-refractivity contribution in [3.8, 4) is 0 Å². The minimum atomic E-state index is 0.141. The minimum absolute atomic E-state index is 0.141. The Morgan fingerprint density at radius 2 is 1.85 bits per heavy atom. The fourth-order valence-electron chi connectivity index (χ4n) is 1.87. The molecule has 0 aliphatic heterocycles. The lowest BCUT2D eigenvalue weighted by molar-refractivity contribution is 0.116. The first-order valence-electron chi connectivity index (χ1n) is 5.45. The highest BCUT2D eigenvalue weighted by atomic mass is 16.5. The molecule has 0 aromatic rings. The predicted molar refractivity (Wildman–Crippen MR) is 58.5 cm³/mol. The molecule has 0 aliphatic carbocycles. The Balaban J connectivity index is 4.35. The van der Waals surface area contributed by atoms with E-state index in [-0.39, 0.29) is 11.5 Å². The average molecular weight is 186 g/mol. The van der Waals surface area contributed by atoms with Gasteiger partial charge in [-0.1, -0.05) is 34.1 Å². The second-order valence-corrected chi connectivity index (χ2v) is 4.17.